The lowest BCUT2D eigenvalue weighted by atomic mass is 10.1. The van der Waals surface area contributed by atoms with Gasteiger partial charge in [-0.05, 0) is 12.1 Å². The van der Waals surface area contributed by atoms with Crippen LogP contribution in [0, 0.1) is 0 Å². The lowest BCUT2D eigenvalue weighted by molar-refractivity contribution is 0.0621. The first-order chi connectivity index (χ1) is 12.2. The zero-order chi connectivity index (χ0) is 17.2. The van der Waals surface area contributed by atoms with Gasteiger partial charge in [0.15, 0.2) is 0 Å². The Hall–Kier alpha value is -2.42. The summed E-state index contributed by atoms with van der Waals surface area (Å²) in [7, 11) is 1.94. The standard InChI is InChI=1S/C17H19N7O.2ClH/c1-22-7-6-20-16(22)15-11-19-5-8-23(15)17(25)13-9-21-24(12-13)14-3-2-4-18-10-14;;/h2-4,6-7,9-10,12,15,19H,5,8,11H2,1H3;2*1H. The Morgan fingerprint density at radius 3 is 2.81 bits per heavy atom. The highest BCUT2D eigenvalue weighted by molar-refractivity contribution is 5.94. The highest BCUT2D eigenvalue weighted by Crippen LogP contribution is 2.23. The summed E-state index contributed by atoms with van der Waals surface area (Å²) in [5.41, 5.74) is 1.38. The molecule has 0 radical (unpaired) electrons. The van der Waals surface area contributed by atoms with Crippen LogP contribution in [0.5, 0.6) is 0 Å². The van der Waals surface area contributed by atoms with E-state index < -0.39 is 0 Å². The molecule has 0 bridgehead atoms. The maximum Gasteiger partial charge on any atom is 0.257 e. The molecule has 4 heterocycles. The summed E-state index contributed by atoms with van der Waals surface area (Å²) in [4.78, 5) is 23.4. The van der Waals surface area contributed by atoms with E-state index in [4.69, 9.17) is 0 Å². The molecule has 3 aromatic heterocycles. The normalized spacial score (nSPS) is 16.3. The molecule has 1 unspecified atom stereocenters. The summed E-state index contributed by atoms with van der Waals surface area (Å²) in [5.74, 6) is 0.838. The van der Waals surface area contributed by atoms with Gasteiger partial charge in [-0.15, -0.1) is 24.8 Å². The number of hydrogen-bond donors (Lipinski definition) is 1. The van der Waals surface area contributed by atoms with E-state index in [1.807, 2.05) is 34.8 Å². The van der Waals surface area contributed by atoms with Gasteiger partial charge < -0.3 is 14.8 Å². The molecule has 0 aromatic carbocycles. The fraction of sp³-hybridized carbons (Fsp3) is 0.294. The predicted octanol–water partition coefficient (Wildman–Crippen LogP) is 1.63. The molecule has 1 N–H and O–H groups in total. The van der Waals surface area contributed by atoms with Gasteiger partial charge in [0.1, 0.15) is 11.9 Å². The number of hydrogen-bond acceptors (Lipinski definition) is 5. The number of pyridine rings is 1. The van der Waals surface area contributed by atoms with Crippen LogP contribution >= 0.6 is 24.8 Å². The molecule has 0 aliphatic carbocycles. The number of halogens is 2. The smallest absolute Gasteiger partial charge is 0.257 e. The molecule has 1 amide bonds. The summed E-state index contributed by atoms with van der Waals surface area (Å²) < 4.78 is 3.62. The van der Waals surface area contributed by atoms with Crippen molar-refractivity contribution in [3.05, 3.63) is 60.7 Å². The first-order valence-electron chi connectivity index (χ1n) is 8.18. The fourth-order valence-electron chi connectivity index (χ4n) is 3.11. The molecular weight excluding hydrogens is 389 g/mol. The van der Waals surface area contributed by atoms with Crippen LogP contribution in [0.25, 0.3) is 5.69 Å². The molecule has 4 rings (SSSR count). The van der Waals surface area contributed by atoms with Gasteiger partial charge in [-0.2, -0.15) is 5.10 Å². The van der Waals surface area contributed by atoms with Gasteiger partial charge in [-0.25, -0.2) is 9.67 Å². The SMILES string of the molecule is Cl.Cl.Cn1ccnc1C1CNCCN1C(=O)c1cnn(-c2cccnc2)c1. The van der Waals surface area contributed by atoms with Gasteiger partial charge in [-0.3, -0.25) is 9.78 Å². The number of aryl methyl sites for hydroxylation is 1. The monoisotopic (exact) mass is 409 g/mol. The second kappa shape index (κ2) is 8.98. The Labute approximate surface area is 169 Å². The topological polar surface area (TPSA) is 80.9 Å². The van der Waals surface area contributed by atoms with E-state index in [0.29, 0.717) is 18.7 Å². The summed E-state index contributed by atoms with van der Waals surface area (Å²) in [6, 6.07) is 3.64. The fourth-order valence-corrected chi connectivity index (χ4v) is 3.11. The maximum atomic E-state index is 13.1. The maximum absolute atomic E-state index is 13.1. The molecular formula is C17H21Cl2N7O. The van der Waals surface area contributed by atoms with E-state index >= 15 is 0 Å². The zero-order valence-electron chi connectivity index (χ0n) is 14.7. The lowest BCUT2D eigenvalue weighted by Crippen LogP contribution is -2.49. The van der Waals surface area contributed by atoms with Crippen molar-refractivity contribution in [1.82, 2.24) is 34.5 Å². The van der Waals surface area contributed by atoms with Gasteiger partial charge in [0.25, 0.3) is 5.91 Å². The van der Waals surface area contributed by atoms with Gasteiger partial charge in [-0.1, -0.05) is 0 Å². The molecule has 27 heavy (non-hydrogen) atoms. The molecule has 3 aromatic rings. The number of amides is 1. The van der Waals surface area contributed by atoms with Gasteiger partial charge >= 0.3 is 0 Å². The van der Waals surface area contributed by atoms with Gasteiger partial charge in [0.05, 0.1) is 23.6 Å². The molecule has 1 fully saturated rings. The molecule has 1 atom stereocenters. The van der Waals surface area contributed by atoms with Crippen molar-refractivity contribution < 1.29 is 4.79 Å². The van der Waals surface area contributed by atoms with Crippen molar-refractivity contribution in [2.45, 2.75) is 6.04 Å². The van der Waals surface area contributed by atoms with Crippen LogP contribution in [-0.2, 0) is 7.05 Å². The van der Waals surface area contributed by atoms with Gasteiger partial charge in [0, 0.05) is 51.5 Å². The van der Waals surface area contributed by atoms with E-state index in [-0.39, 0.29) is 36.8 Å². The van der Waals surface area contributed by atoms with Crippen LogP contribution in [0.2, 0.25) is 0 Å². The van der Waals surface area contributed by atoms with Gasteiger partial charge in [0.2, 0.25) is 0 Å². The number of aromatic nitrogens is 5. The third-order valence-corrected chi connectivity index (χ3v) is 4.40. The number of imidazole rings is 1. The van der Waals surface area contributed by atoms with E-state index in [2.05, 4.69) is 20.4 Å². The summed E-state index contributed by atoms with van der Waals surface area (Å²) >= 11 is 0. The third kappa shape index (κ3) is 4.13. The van der Waals surface area contributed by atoms with Crippen LogP contribution in [0.15, 0.2) is 49.3 Å². The first kappa shape index (κ1) is 20.9. The Bertz CT molecular complexity index is 880. The van der Waals surface area contributed by atoms with E-state index in [0.717, 1.165) is 18.1 Å². The Kier molecular flexibility index (Phi) is 6.95. The van der Waals surface area contributed by atoms with Crippen LogP contribution < -0.4 is 5.32 Å². The minimum atomic E-state index is -0.0945. The number of carbonyl (C=O) groups is 1. The molecule has 1 saturated heterocycles. The van der Waals surface area contributed by atoms with Crippen LogP contribution in [-0.4, -0.2) is 54.8 Å². The second-order valence-electron chi connectivity index (χ2n) is 6.00. The molecule has 0 spiro atoms. The molecule has 8 nitrogen and oxygen atoms in total. The minimum absolute atomic E-state index is 0. The van der Waals surface area contributed by atoms with Crippen molar-refractivity contribution >= 4 is 30.7 Å². The van der Waals surface area contributed by atoms with E-state index in [1.165, 1.54) is 0 Å². The predicted molar refractivity (Wildman–Crippen MR) is 106 cm³/mol. The number of carbonyl (C=O) groups excluding carboxylic acids is 1. The number of rotatable bonds is 3. The van der Waals surface area contributed by atoms with Crippen molar-refractivity contribution in [1.29, 1.82) is 0 Å². The van der Waals surface area contributed by atoms with E-state index in [1.54, 1.807) is 35.7 Å². The van der Waals surface area contributed by atoms with E-state index in [9.17, 15) is 4.79 Å². The molecule has 1 aliphatic rings. The van der Waals surface area contributed by atoms with Crippen molar-refractivity contribution in [2.75, 3.05) is 19.6 Å². The lowest BCUT2D eigenvalue weighted by Gasteiger charge is -2.35. The summed E-state index contributed by atoms with van der Waals surface area (Å²) in [6.45, 7) is 2.09. The van der Waals surface area contributed by atoms with Crippen LogP contribution in [0.1, 0.15) is 22.2 Å². The second-order valence-corrected chi connectivity index (χ2v) is 6.00. The Morgan fingerprint density at radius 2 is 2.11 bits per heavy atom. The molecule has 10 heteroatoms. The highest BCUT2D eigenvalue weighted by Gasteiger charge is 2.31. The average Bonchev–Trinajstić information content (AvgIpc) is 3.31. The summed E-state index contributed by atoms with van der Waals surface area (Å²) in [5, 5.41) is 7.64. The number of nitrogens with one attached hydrogen (secondary N) is 1. The minimum Gasteiger partial charge on any atom is -0.336 e. The Balaban J connectivity index is 0.00000131. The first-order valence-corrected chi connectivity index (χ1v) is 8.18. The molecule has 144 valence electrons. The highest BCUT2D eigenvalue weighted by atomic mass is 35.5. The molecule has 1 aliphatic heterocycles. The zero-order valence-corrected chi connectivity index (χ0v) is 16.4. The molecule has 0 saturated carbocycles. The Morgan fingerprint density at radius 1 is 1.26 bits per heavy atom. The summed E-state index contributed by atoms with van der Waals surface area (Å²) in [6.07, 6.45) is 10.4. The van der Waals surface area contributed by atoms with Crippen LogP contribution in [0.3, 0.4) is 0 Å². The largest absolute Gasteiger partial charge is 0.336 e. The van der Waals surface area contributed by atoms with Crippen molar-refractivity contribution in [2.24, 2.45) is 7.05 Å². The average molecular weight is 410 g/mol. The quantitative estimate of drug-likeness (QED) is 0.710. The van der Waals surface area contributed by atoms with Crippen LogP contribution in [0.4, 0.5) is 0 Å². The third-order valence-electron chi connectivity index (χ3n) is 4.40. The number of nitrogens with zero attached hydrogens (tertiary/aromatic N) is 6. The van der Waals surface area contributed by atoms with Crippen molar-refractivity contribution in [3.8, 4) is 5.69 Å². The van der Waals surface area contributed by atoms with Crippen molar-refractivity contribution in [3.63, 3.8) is 0 Å². The number of piperazine rings is 1.